The van der Waals surface area contributed by atoms with Gasteiger partial charge in [-0.1, -0.05) is 30.3 Å². The van der Waals surface area contributed by atoms with Gasteiger partial charge in [0.1, 0.15) is 0 Å². The van der Waals surface area contributed by atoms with Crippen molar-refractivity contribution in [2.45, 2.75) is 25.9 Å². The predicted molar refractivity (Wildman–Crippen MR) is 81.5 cm³/mol. The minimum Gasteiger partial charge on any atom is -0.338 e. The van der Waals surface area contributed by atoms with Crippen LogP contribution in [0.2, 0.25) is 0 Å². The molecule has 1 heterocycles. The molecular formula is C16H25N3O. The maximum absolute atomic E-state index is 12.4. The summed E-state index contributed by atoms with van der Waals surface area (Å²) in [6.45, 7) is 7.63. The average Bonchev–Trinajstić information content (AvgIpc) is 2.49. The largest absolute Gasteiger partial charge is 0.338 e. The lowest BCUT2D eigenvalue weighted by Gasteiger charge is -2.35. The van der Waals surface area contributed by atoms with Crippen molar-refractivity contribution in [3.8, 4) is 0 Å². The van der Waals surface area contributed by atoms with Crippen LogP contribution < -0.4 is 5.32 Å². The molecule has 1 aromatic carbocycles. The summed E-state index contributed by atoms with van der Waals surface area (Å²) < 4.78 is 0. The summed E-state index contributed by atoms with van der Waals surface area (Å²) in [7, 11) is 1.90. The molecule has 0 radical (unpaired) electrons. The first-order valence-corrected chi connectivity index (χ1v) is 7.35. The standard InChI is InChI=1S/C16H25N3O/c1-13-11-17-9-10-19(13)12-16(20)18(3)14(2)15-7-5-4-6-8-15/h4-8,13-14,17H,9-12H2,1-3H3/t13-,14?/m1/s1. The molecule has 1 N–H and O–H groups in total. The van der Waals surface area contributed by atoms with Gasteiger partial charge in [0, 0.05) is 32.7 Å². The SMILES string of the molecule is CC(c1ccccc1)N(C)C(=O)CN1CCNC[C@H]1C. The molecule has 4 nitrogen and oxygen atoms in total. The smallest absolute Gasteiger partial charge is 0.237 e. The maximum atomic E-state index is 12.4. The van der Waals surface area contributed by atoms with Crippen LogP contribution in [0.25, 0.3) is 0 Å². The number of likely N-dealkylation sites (N-methyl/N-ethyl adjacent to an activating group) is 1. The van der Waals surface area contributed by atoms with E-state index in [-0.39, 0.29) is 11.9 Å². The van der Waals surface area contributed by atoms with E-state index in [1.54, 1.807) is 0 Å². The number of nitrogens with one attached hydrogen (secondary N) is 1. The highest BCUT2D eigenvalue weighted by Gasteiger charge is 2.24. The second-order valence-corrected chi connectivity index (χ2v) is 5.61. The highest BCUT2D eigenvalue weighted by atomic mass is 16.2. The van der Waals surface area contributed by atoms with E-state index in [4.69, 9.17) is 0 Å². The summed E-state index contributed by atoms with van der Waals surface area (Å²) >= 11 is 0. The van der Waals surface area contributed by atoms with Crippen LogP contribution >= 0.6 is 0 Å². The molecule has 0 aromatic heterocycles. The summed E-state index contributed by atoms with van der Waals surface area (Å²) in [6, 6.07) is 10.7. The normalized spacial score (nSPS) is 21.4. The number of carbonyl (C=O) groups excluding carboxylic acids is 1. The molecule has 20 heavy (non-hydrogen) atoms. The summed E-state index contributed by atoms with van der Waals surface area (Å²) in [5, 5.41) is 3.35. The van der Waals surface area contributed by atoms with Gasteiger partial charge < -0.3 is 10.2 Å². The van der Waals surface area contributed by atoms with Crippen LogP contribution in [0.4, 0.5) is 0 Å². The first kappa shape index (κ1) is 15.0. The predicted octanol–water partition coefficient (Wildman–Crippen LogP) is 1.50. The molecule has 0 aliphatic carbocycles. The van der Waals surface area contributed by atoms with Gasteiger partial charge in [0.05, 0.1) is 12.6 Å². The molecule has 0 spiro atoms. The zero-order valence-electron chi connectivity index (χ0n) is 12.7. The molecule has 0 bridgehead atoms. The van der Waals surface area contributed by atoms with Gasteiger partial charge in [0.2, 0.25) is 5.91 Å². The average molecular weight is 275 g/mol. The number of nitrogens with zero attached hydrogens (tertiary/aromatic N) is 2. The molecule has 1 unspecified atom stereocenters. The third-order valence-corrected chi connectivity index (χ3v) is 4.23. The molecule has 110 valence electrons. The second-order valence-electron chi connectivity index (χ2n) is 5.61. The lowest BCUT2D eigenvalue weighted by molar-refractivity contribution is -0.133. The molecule has 1 aromatic rings. The van der Waals surface area contributed by atoms with Crippen LogP contribution in [0.1, 0.15) is 25.5 Å². The minimum atomic E-state index is 0.113. The zero-order valence-corrected chi connectivity index (χ0v) is 12.7. The lowest BCUT2D eigenvalue weighted by atomic mass is 10.1. The first-order valence-electron chi connectivity index (χ1n) is 7.35. The Morgan fingerprint density at radius 3 is 2.80 bits per heavy atom. The lowest BCUT2D eigenvalue weighted by Crippen LogP contribution is -2.53. The van der Waals surface area contributed by atoms with Gasteiger partial charge in [0.15, 0.2) is 0 Å². The van der Waals surface area contributed by atoms with Crippen molar-refractivity contribution in [3.63, 3.8) is 0 Å². The Labute approximate surface area is 121 Å². The first-order chi connectivity index (χ1) is 9.59. The minimum absolute atomic E-state index is 0.113. The van der Waals surface area contributed by atoms with E-state index in [1.807, 2.05) is 30.1 Å². The fourth-order valence-electron chi connectivity index (χ4n) is 2.57. The van der Waals surface area contributed by atoms with E-state index in [2.05, 4.69) is 36.2 Å². The number of amides is 1. The Kier molecular flexibility index (Phi) is 5.15. The van der Waals surface area contributed by atoms with E-state index in [0.717, 1.165) is 19.6 Å². The topological polar surface area (TPSA) is 35.6 Å². The quantitative estimate of drug-likeness (QED) is 0.904. The summed E-state index contributed by atoms with van der Waals surface area (Å²) in [5.41, 5.74) is 1.18. The van der Waals surface area contributed by atoms with Crippen molar-refractivity contribution in [3.05, 3.63) is 35.9 Å². The fourth-order valence-corrected chi connectivity index (χ4v) is 2.57. The van der Waals surface area contributed by atoms with Gasteiger partial charge in [-0.25, -0.2) is 0 Å². The molecule has 1 amide bonds. The third kappa shape index (κ3) is 3.58. The maximum Gasteiger partial charge on any atom is 0.237 e. The van der Waals surface area contributed by atoms with E-state index in [1.165, 1.54) is 5.56 Å². The Hall–Kier alpha value is -1.39. The number of rotatable bonds is 4. The van der Waals surface area contributed by atoms with Crippen molar-refractivity contribution in [1.82, 2.24) is 15.1 Å². The number of piperazine rings is 1. The Bertz CT molecular complexity index is 435. The molecule has 1 aliphatic rings. The molecular weight excluding hydrogens is 250 g/mol. The molecule has 2 atom stereocenters. The van der Waals surface area contributed by atoms with Gasteiger partial charge in [0.25, 0.3) is 0 Å². The van der Waals surface area contributed by atoms with E-state index in [0.29, 0.717) is 12.6 Å². The van der Waals surface area contributed by atoms with Crippen LogP contribution in [-0.4, -0.2) is 55.0 Å². The van der Waals surface area contributed by atoms with Crippen molar-refractivity contribution >= 4 is 5.91 Å². The molecule has 1 fully saturated rings. The summed E-state index contributed by atoms with van der Waals surface area (Å²) in [4.78, 5) is 16.5. The van der Waals surface area contributed by atoms with Crippen LogP contribution in [0.3, 0.4) is 0 Å². The van der Waals surface area contributed by atoms with Gasteiger partial charge in [-0.15, -0.1) is 0 Å². The number of hydrogen-bond donors (Lipinski definition) is 1. The van der Waals surface area contributed by atoms with Crippen molar-refractivity contribution in [2.75, 3.05) is 33.2 Å². The highest BCUT2D eigenvalue weighted by molar-refractivity contribution is 5.78. The van der Waals surface area contributed by atoms with Gasteiger partial charge in [-0.3, -0.25) is 9.69 Å². The van der Waals surface area contributed by atoms with Gasteiger partial charge >= 0.3 is 0 Å². The molecule has 2 rings (SSSR count). The van der Waals surface area contributed by atoms with Gasteiger partial charge in [-0.05, 0) is 19.4 Å². The monoisotopic (exact) mass is 275 g/mol. The van der Waals surface area contributed by atoms with Crippen LogP contribution in [-0.2, 0) is 4.79 Å². The number of hydrogen-bond acceptors (Lipinski definition) is 3. The van der Waals surface area contributed by atoms with Crippen molar-refractivity contribution in [1.29, 1.82) is 0 Å². The second kappa shape index (κ2) is 6.86. The van der Waals surface area contributed by atoms with Crippen LogP contribution in [0, 0.1) is 0 Å². The van der Waals surface area contributed by atoms with Crippen molar-refractivity contribution in [2.24, 2.45) is 0 Å². The summed E-state index contributed by atoms with van der Waals surface area (Å²) in [6.07, 6.45) is 0. The Balaban J connectivity index is 1.94. The van der Waals surface area contributed by atoms with E-state index in [9.17, 15) is 4.79 Å². The van der Waals surface area contributed by atoms with E-state index >= 15 is 0 Å². The molecule has 1 aliphatic heterocycles. The Morgan fingerprint density at radius 1 is 1.45 bits per heavy atom. The highest BCUT2D eigenvalue weighted by Crippen LogP contribution is 2.18. The molecule has 0 saturated carbocycles. The fraction of sp³-hybridized carbons (Fsp3) is 0.562. The molecule has 1 saturated heterocycles. The van der Waals surface area contributed by atoms with Gasteiger partial charge in [-0.2, -0.15) is 0 Å². The van der Waals surface area contributed by atoms with Crippen LogP contribution in [0.5, 0.6) is 0 Å². The third-order valence-electron chi connectivity index (χ3n) is 4.23. The zero-order chi connectivity index (χ0) is 14.5. The summed E-state index contributed by atoms with van der Waals surface area (Å²) in [5.74, 6) is 0.190. The Morgan fingerprint density at radius 2 is 2.15 bits per heavy atom. The number of benzene rings is 1. The van der Waals surface area contributed by atoms with Crippen molar-refractivity contribution < 1.29 is 4.79 Å². The molecule has 4 heteroatoms. The number of carbonyl (C=O) groups is 1. The van der Waals surface area contributed by atoms with Crippen LogP contribution in [0.15, 0.2) is 30.3 Å². The van der Waals surface area contributed by atoms with E-state index < -0.39 is 0 Å².